The molecule has 0 radical (unpaired) electrons. The van der Waals surface area contributed by atoms with Crippen molar-refractivity contribution in [1.29, 1.82) is 0 Å². The predicted molar refractivity (Wildman–Crippen MR) is 99.7 cm³/mol. The number of morpholine rings is 1. The number of hydrogen-bond acceptors (Lipinski definition) is 7. The highest BCUT2D eigenvalue weighted by Gasteiger charge is 2.37. The molecule has 0 atom stereocenters. The van der Waals surface area contributed by atoms with Crippen LogP contribution in [0, 0.1) is 0 Å². The molecule has 0 unspecified atom stereocenters. The van der Waals surface area contributed by atoms with Gasteiger partial charge in [-0.3, -0.25) is 19.3 Å². The van der Waals surface area contributed by atoms with Gasteiger partial charge in [-0.25, -0.2) is 0 Å². The Labute approximate surface area is 164 Å². The molecule has 144 valence electrons. The smallest absolute Gasteiger partial charge is 0.294 e. The maximum Gasteiger partial charge on any atom is 0.294 e. The fourth-order valence-corrected chi connectivity index (χ4v) is 3.73. The number of phenolic OH excluding ortho intramolecular Hbond substituents is 1. The lowest BCUT2D eigenvalue weighted by Crippen LogP contribution is -2.46. The maximum absolute atomic E-state index is 12.6. The molecule has 0 aliphatic carbocycles. The minimum absolute atomic E-state index is 0.0920. The first-order chi connectivity index (χ1) is 12.9. The molecular formula is C17H17ClN2O6S. The van der Waals surface area contributed by atoms with E-state index in [0.717, 1.165) is 4.90 Å². The molecule has 1 N–H and O–H groups in total. The number of aromatic hydroxyl groups is 1. The van der Waals surface area contributed by atoms with E-state index in [1.807, 2.05) is 0 Å². The van der Waals surface area contributed by atoms with E-state index in [1.165, 1.54) is 25.3 Å². The van der Waals surface area contributed by atoms with E-state index in [4.69, 9.17) is 21.1 Å². The Morgan fingerprint density at radius 2 is 2.07 bits per heavy atom. The average Bonchev–Trinajstić information content (AvgIpc) is 2.92. The number of rotatable bonds is 4. The zero-order valence-electron chi connectivity index (χ0n) is 14.4. The third-order valence-electron chi connectivity index (χ3n) is 4.11. The van der Waals surface area contributed by atoms with Gasteiger partial charge in [-0.1, -0.05) is 11.6 Å². The number of thioether (sulfide) groups is 1. The molecule has 3 rings (SSSR count). The molecule has 2 aliphatic heterocycles. The average molecular weight is 413 g/mol. The van der Waals surface area contributed by atoms with Crippen LogP contribution in [0.1, 0.15) is 5.56 Å². The van der Waals surface area contributed by atoms with Crippen LogP contribution in [0.3, 0.4) is 0 Å². The van der Waals surface area contributed by atoms with Gasteiger partial charge in [0.15, 0.2) is 11.5 Å². The lowest BCUT2D eigenvalue weighted by atomic mass is 10.1. The minimum atomic E-state index is -0.593. The van der Waals surface area contributed by atoms with Crippen molar-refractivity contribution in [3.63, 3.8) is 0 Å². The monoisotopic (exact) mass is 412 g/mol. The van der Waals surface area contributed by atoms with Crippen molar-refractivity contribution in [2.24, 2.45) is 0 Å². The summed E-state index contributed by atoms with van der Waals surface area (Å²) in [6.07, 6.45) is 1.36. The molecule has 2 heterocycles. The molecule has 2 saturated heterocycles. The summed E-state index contributed by atoms with van der Waals surface area (Å²) in [6, 6.07) is 2.88. The van der Waals surface area contributed by atoms with Crippen molar-refractivity contribution >= 4 is 46.5 Å². The van der Waals surface area contributed by atoms with Gasteiger partial charge >= 0.3 is 0 Å². The van der Waals surface area contributed by atoms with Crippen molar-refractivity contribution in [3.05, 3.63) is 27.6 Å². The molecule has 1 aromatic carbocycles. The van der Waals surface area contributed by atoms with Crippen LogP contribution in [0.15, 0.2) is 17.0 Å². The van der Waals surface area contributed by atoms with Gasteiger partial charge in [0, 0.05) is 29.7 Å². The van der Waals surface area contributed by atoms with Crippen molar-refractivity contribution in [1.82, 2.24) is 9.80 Å². The Hall–Kier alpha value is -2.23. The lowest BCUT2D eigenvalue weighted by Gasteiger charge is -2.28. The molecule has 1 aromatic rings. The zero-order valence-corrected chi connectivity index (χ0v) is 16.0. The molecule has 3 amide bonds. The van der Waals surface area contributed by atoms with Crippen molar-refractivity contribution in [2.75, 3.05) is 40.0 Å². The number of phenols is 1. The predicted octanol–water partition coefficient (Wildman–Crippen LogP) is 1.95. The number of carbonyl (C=O) groups is 3. The molecule has 0 spiro atoms. The van der Waals surface area contributed by atoms with Gasteiger partial charge in [-0.2, -0.15) is 0 Å². The highest BCUT2D eigenvalue weighted by atomic mass is 35.5. The number of hydrogen-bond donors (Lipinski definition) is 1. The van der Waals surface area contributed by atoms with Crippen LogP contribution < -0.4 is 4.74 Å². The van der Waals surface area contributed by atoms with Crippen molar-refractivity contribution in [3.8, 4) is 11.5 Å². The van der Waals surface area contributed by atoms with Crippen LogP contribution in [0.2, 0.25) is 5.02 Å². The second-order valence-electron chi connectivity index (χ2n) is 5.81. The number of halogens is 1. The van der Waals surface area contributed by atoms with Crippen LogP contribution in [0.4, 0.5) is 4.79 Å². The first-order valence-electron chi connectivity index (χ1n) is 8.08. The van der Waals surface area contributed by atoms with Gasteiger partial charge in [0.2, 0.25) is 5.91 Å². The van der Waals surface area contributed by atoms with E-state index in [9.17, 15) is 19.5 Å². The molecule has 2 aliphatic rings. The minimum Gasteiger partial charge on any atom is -0.504 e. The van der Waals surface area contributed by atoms with Crippen molar-refractivity contribution < 1.29 is 29.0 Å². The van der Waals surface area contributed by atoms with E-state index in [2.05, 4.69) is 0 Å². The quantitative estimate of drug-likeness (QED) is 0.755. The molecular weight excluding hydrogens is 396 g/mol. The Morgan fingerprint density at radius 3 is 2.74 bits per heavy atom. The highest BCUT2D eigenvalue weighted by Crippen LogP contribution is 2.38. The number of nitrogens with zero attached hydrogens (tertiary/aromatic N) is 2. The lowest BCUT2D eigenvalue weighted by molar-refractivity contribution is -0.139. The Morgan fingerprint density at radius 1 is 1.37 bits per heavy atom. The zero-order chi connectivity index (χ0) is 19.6. The molecule has 8 nitrogen and oxygen atoms in total. The molecule has 0 saturated carbocycles. The third kappa shape index (κ3) is 4.20. The Bertz CT molecular complexity index is 822. The van der Waals surface area contributed by atoms with Gasteiger partial charge in [0.1, 0.15) is 6.54 Å². The van der Waals surface area contributed by atoms with E-state index in [1.54, 1.807) is 4.90 Å². The Balaban J connectivity index is 1.79. The summed E-state index contributed by atoms with van der Waals surface area (Å²) in [4.78, 5) is 39.6. The number of amides is 3. The topological polar surface area (TPSA) is 96.4 Å². The van der Waals surface area contributed by atoms with Crippen molar-refractivity contribution in [2.45, 2.75) is 0 Å². The molecule has 10 heteroatoms. The SMILES string of the molecule is COc1cc(Cl)cc(/C=C2\SC(=O)N(CC(=O)N3CCOCC3)C2=O)c1O. The number of methoxy groups -OCH3 is 1. The van der Waals surface area contributed by atoms with E-state index in [-0.39, 0.29) is 34.4 Å². The second kappa shape index (κ2) is 8.20. The van der Waals surface area contributed by atoms with Crippen LogP contribution in [0.5, 0.6) is 11.5 Å². The summed E-state index contributed by atoms with van der Waals surface area (Å²) in [5.41, 5.74) is 0.240. The standard InChI is InChI=1S/C17H17ClN2O6S/c1-25-12-8-11(18)6-10(15(12)22)7-13-16(23)20(17(24)27-13)9-14(21)19-2-4-26-5-3-19/h6-8,22H,2-5,9H2,1H3/b13-7-. The summed E-state index contributed by atoms with van der Waals surface area (Å²) < 4.78 is 10.2. The summed E-state index contributed by atoms with van der Waals surface area (Å²) in [5, 5.41) is 9.95. The molecule has 27 heavy (non-hydrogen) atoms. The highest BCUT2D eigenvalue weighted by molar-refractivity contribution is 8.18. The number of ether oxygens (including phenoxy) is 2. The van der Waals surface area contributed by atoms with E-state index in [0.29, 0.717) is 43.1 Å². The summed E-state index contributed by atoms with van der Waals surface area (Å²) >= 11 is 6.69. The number of carbonyl (C=O) groups excluding carboxylic acids is 3. The first kappa shape index (κ1) is 19.5. The van der Waals surface area contributed by atoms with Gasteiger partial charge in [-0.15, -0.1) is 0 Å². The second-order valence-corrected chi connectivity index (χ2v) is 7.24. The summed E-state index contributed by atoms with van der Waals surface area (Å²) in [5.74, 6) is -0.951. The van der Waals surface area contributed by atoms with Gasteiger partial charge in [0.05, 0.1) is 25.2 Å². The number of imide groups is 1. The first-order valence-corrected chi connectivity index (χ1v) is 9.27. The van der Waals surface area contributed by atoms with Gasteiger partial charge in [0.25, 0.3) is 11.1 Å². The van der Waals surface area contributed by atoms with Crippen LogP contribution in [-0.2, 0) is 14.3 Å². The van der Waals surface area contributed by atoms with Gasteiger partial charge < -0.3 is 19.5 Å². The summed E-state index contributed by atoms with van der Waals surface area (Å²) in [7, 11) is 1.38. The van der Waals surface area contributed by atoms with E-state index < -0.39 is 11.1 Å². The van der Waals surface area contributed by atoms with Crippen LogP contribution in [-0.4, -0.2) is 71.9 Å². The van der Waals surface area contributed by atoms with Gasteiger partial charge in [-0.05, 0) is 23.9 Å². The van der Waals surface area contributed by atoms with Crippen LogP contribution >= 0.6 is 23.4 Å². The largest absolute Gasteiger partial charge is 0.504 e. The number of benzene rings is 1. The summed E-state index contributed by atoms with van der Waals surface area (Å²) in [6.45, 7) is 1.40. The third-order valence-corrected chi connectivity index (χ3v) is 5.23. The fourth-order valence-electron chi connectivity index (χ4n) is 2.69. The Kier molecular flexibility index (Phi) is 5.93. The fraction of sp³-hybridized carbons (Fsp3) is 0.353. The molecule has 2 fully saturated rings. The molecule has 0 bridgehead atoms. The maximum atomic E-state index is 12.6. The van der Waals surface area contributed by atoms with E-state index >= 15 is 0 Å². The normalized spacial score (nSPS) is 19.1. The molecule has 0 aromatic heterocycles. The van der Waals surface area contributed by atoms with Crippen LogP contribution in [0.25, 0.3) is 6.08 Å².